The minimum absolute atomic E-state index is 0.181. The number of hydrogen-bond acceptors (Lipinski definition) is 3. The van der Waals surface area contributed by atoms with Gasteiger partial charge in [0.05, 0.1) is 6.61 Å². The minimum Gasteiger partial charge on any atom is -0.481 e. The molecule has 0 aromatic heterocycles. The molecule has 0 bridgehead atoms. The smallest absolute Gasteiger partial charge is 0.407 e. The highest BCUT2D eigenvalue weighted by molar-refractivity contribution is 5.67. The largest absolute Gasteiger partial charge is 0.481 e. The van der Waals surface area contributed by atoms with Gasteiger partial charge in [-0.05, 0) is 30.6 Å². The standard InChI is InChI=1S/C14H27NO4/c1-10(2)9-19-14(18)15-8-7-12(11(3)4)5-6-13(16)17/h10-12H,5-9H2,1-4H3,(H,15,18)(H,16,17). The Hall–Kier alpha value is -1.26. The number of alkyl carbamates (subject to hydrolysis) is 1. The molecule has 5 nitrogen and oxygen atoms in total. The fraction of sp³-hybridized carbons (Fsp3) is 0.857. The van der Waals surface area contributed by atoms with Crippen molar-refractivity contribution in [1.82, 2.24) is 5.32 Å². The van der Waals surface area contributed by atoms with Crippen LogP contribution in [0.2, 0.25) is 0 Å². The van der Waals surface area contributed by atoms with E-state index in [0.717, 1.165) is 6.42 Å². The van der Waals surface area contributed by atoms with Crippen LogP contribution in [-0.4, -0.2) is 30.3 Å². The van der Waals surface area contributed by atoms with Crippen LogP contribution in [0, 0.1) is 17.8 Å². The van der Waals surface area contributed by atoms with E-state index in [2.05, 4.69) is 19.2 Å². The van der Waals surface area contributed by atoms with Crippen molar-refractivity contribution in [2.75, 3.05) is 13.2 Å². The number of nitrogens with one attached hydrogen (secondary N) is 1. The molecule has 0 radical (unpaired) electrons. The molecule has 1 amide bonds. The third-order valence-corrected chi connectivity index (χ3v) is 3.00. The van der Waals surface area contributed by atoms with Gasteiger partial charge in [0.2, 0.25) is 0 Å². The van der Waals surface area contributed by atoms with Gasteiger partial charge >= 0.3 is 12.1 Å². The van der Waals surface area contributed by atoms with Gasteiger partial charge < -0.3 is 15.2 Å². The van der Waals surface area contributed by atoms with E-state index in [0.29, 0.717) is 37.3 Å². The molecule has 0 heterocycles. The first-order chi connectivity index (χ1) is 8.82. The molecule has 0 spiro atoms. The molecule has 0 aromatic carbocycles. The van der Waals surface area contributed by atoms with Crippen LogP contribution in [0.1, 0.15) is 47.0 Å². The summed E-state index contributed by atoms with van der Waals surface area (Å²) in [6.45, 7) is 9.05. The Labute approximate surface area is 115 Å². The van der Waals surface area contributed by atoms with Gasteiger partial charge in [-0.3, -0.25) is 4.79 Å². The Bertz CT molecular complexity index is 277. The molecular weight excluding hydrogens is 246 g/mol. The summed E-state index contributed by atoms with van der Waals surface area (Å²) in [7, 11) is 0. The lowest BCUT2D eigenvalue weighted by atomic mass is 9.88. The van der Waals surface area contributed by atoms with Gasteiger partial charge in [0, 0.05) is 13.0 Å². The van der Waals surface area contributed by atoms with Crippen LogP contribution in [0.3, 0.4) is 0 Å². The van der Waals surface area contributed by atoms with Gasteiger partial charge in [0.25, 0.3) is 0 Å². The predicted molar refractivity (Wildman–Crippen MR) is 74.0 cm³/mol. The molecule has 19 heavy (non-hydrogen) atoms. The molecule has 0 aromatic rings. The van der Waals surface area contributed by atoms with Crippen LogP contribution in [0.4, 0.5) is 4.79 Å². The minimum atomic E-state index is -0.769. The Morgan fingerprint density at radius 1 is 1.16 bits per heavy atom. The van der Waals surface area contributed by atoms with Crippen LogP contribution in [0.5, 0.6) is 0 Å². The van der Waals surface area contributed by atoms with Gasteiger partial charge in [0.15, 0.2) is 0 Å². The lowest BCUT2D eigenvalue weighted by molar-refractivity contribution is -0.137. The van der Waals surface area contributed by atoms with Crippen molar-refractivity contribution in [2.24, 2.45) is 17.8 Å². The van der Waals surface area contributed by atoms with Crippen molar-refractivity contribution in [3.8, 4) is 0 Å². The highest BCUT2D eigenvalue weighted by Crippen LogP contribution is 2.20. The normalized spacial score (nSPS) is 12.5. The third-order valence-electron chi connectivity index (χ3n) is 3.00. The van der Waals surface area contributed by atoms with Crippen molar-refractivity contribution in [1.29, 1.82) is 0 Å². The second-order valence-corrected chi connectivity index (χ2v) is 5.64. The average molecular weight is 273 g/mol. The van der Waals surface area contributed by atoms with Crippen LogP contribution in [-0.2, 0) is 9.53 Å². The van der Waals surface area contributed by atoms with Gasteiger partial charge in [-0.15, -0.1) is 0 Å². The number of carboxylic acids is 1. The SMILES string of the molecule is CC(C)COC(=O)NCCC(CCC(=O)O)C(C)C. The molecule has 1 unspecified atom stereocenters. The molecule has 1 atom stereocenters. The number of aliphatic carboxylic acids is 1. The zero-order chi connectivity index (χ0) is 14.8. The van der Waals surface area contributed by atoms with Crippen molar-refractivity contribution in [3.05, 3.63) is 0 Å². The van der Waals surface area contributed by atoms with Crippen molar-refractivity contribution < 1.29 is 19.4 Å². The average Bonchev–Trinajstić information content (AvgIpc) is 2.30. The summed E-state index contributed by atoms with van der Waals surface area (Å²) in [5, 5.41) is 11.4. The highest BCUT2D eigenvalue weighted by Gasteiger charge is 2.15. The van der Waals surface area contributed by atoms with Crippen LogP contribution >= 0.6 is 0 Å². The van der Waals surface area contributed by atoms with Crippen LogP contribution < -0.4 is 5.32 Å². The molecule has 5 heteroatoms. The number of rotatable bonds is 9. The summed E-state index contributed by atoms with van der Waals surface area (Å²) in [4.78, 5) is 21.9. The topological polar surface area (TPSA) is 75.6 Å². The number of hydrogen-bond donors (Lipinski definition) is 2. The lowest BCUT2D eigenvalue weighted by Crippen LogP contribution is -2.28. The van der Waals surface area contributed by atoms with Crippen LogP contribution in [0.25, 0.3) is 0 Å². The summed E-state index contributed by atoms with van der Waals surface area (Å²) in [6.07, 6.45) is 1.22. The lowest BCUT2D eigenvalue weighted by Gasteiger charge is -2.20. The van der Waals surface area contributed by atoms with E-state index in [4.69, 9.17) is 9.84 Å². The Morgan fingerprint density at radius 3 is 2.26 bits per heavy atom. The van der Waals surface area contributed by atoms with Crippen LogP contribution in [0.15, 0.2) is 0 Å². The molecule has 0 aliphatic heterocycles. The first kappa shape index (κ1) is 17.7. The van der Waals surface area contributed by atoms with Crippen molar-refractivity contribution in [3.63, 3.8) is 0 Å². The second kappa shape index (κ2) is 9.64. The van der Waals surface area contributed by atoms with E-state index in [-0.39, 0.29) is 6.42 Å². The highest BCUT2D eigenvalue weighted by atomic mass is 16.5. The molecule has 0 fully saturated rings. The maximum absolute atomic E-state index is 11.3. The van der Waals surface area contributed by atoms with E-state index < -0.39 is 12.1 Å². The fourth-order valence-corrected chi connectivity index (χ4v) is 1.77. The summed E-state index contributed by atoms with van der Waals surface area (Å²) < 4.78 is 5.00. The monoisotopic (exact) mass is 273 g/mol. The fourth-order valence-electron chi connectivity index (χ4n) is 1.77. The molecule has 0 aliphatic carbocycles. The van der Waals surface area contributed by atoms with Crippen molar-refractivity contribution in [2.45, 2.75) is 47.0 Å². The number of carboxylic acid groups (broad SMARTS) is 1. The molecule has 0 aliphatic rings. The molecule has 0 saturated carbocycles. The zero-order valence-corrected chi connectivity index (χ0v) is 12.4. The van der Waals surface area contributed by atoms with Gasteiger partial charge in [0.1, 0.15) is 0 Å². The predicted octanol–water partition coefficient (Wildman–Crippen LogP) is 2.90. The van der Waals surface area contributed by atoms with E-state index in [9.17, 15) is 9.59 Å². The quantitative estimate of drug-likeness (QED) is 0.677. The summed E-state index contributed by atoms with van der Waals surface area (Å²) in [5.74, 6) is 0.272. The van der Waals surface area contributed by atoms with E-state index in [1.165, 1.54) is 0 Å². The Balaban J connectivity index is 3.86. The summed E-state index contributed by atoms with van der Waals surface area (Å²) >= 11 is 0. The zero-order valence-electron chi connectivity index (χ0n) is 12.4. The first-order valence-electron chi connectivity index (χ1n) is 6.95. The first-order valence-corrected chi connectivity index (χ1v) is 6.95. The summed E-state index contributed by atoms with van der Waals surface area (Å²) in [6, 6.07) is 0. The maximum Gasteiger partial charge on any atom is 0.407 e. The molecule has 0 saturated heterocycles. The molecule has 2 N–H and O–H groups in total. The maximum atomic E-state index is 11.3. The Kier molecular flexibility index (Phi) is 9.00. The number of carbonyl (C=O) groups is 2. The number of ether oxygens (including phenoxy) is 1. The molecule has 112 valence electrons. The van der Waals surface area contributed by atoms with E-state index >= 15 is 0 Å². The Morgan fingerprint density at radius 2 is 1.79 bits per heavy atom. The molecular formula is C14H27NO4. The number of amides is 1. The second-order valence-electron chi connectivity index (χ2n) is 5.64. The third kappa shape index (κ3) is 10.4. The van der Waals surface area contributed by atoms with E-state index in [1.54, 1.807) is 0 Å². The van der Waals surface area contributed by atoms with Gasteiger partial charge in [-0.2, -0.15) is 0 Å². The number of carbonyl (C=O) groups excluding carboxylic acids is 1. The van der Waals surface area contributed by atoms with Crippen molar-refractivity contribution >= 4 is 12.1 Å². The molecule has 0 rings (SSSR count). The summed E-state index contributed by atoms with van der Waals surface area (Å²) in [5.41, 5.74) is 0. The van der Waals surface area contributed by atoms with Gasteiger partial charge in [-0.25, -0.2) is 4.79 Å². The van der Waals surface area contributed by atoms with E-state index in [1.807, 2.05) is 13.8 Å². The van der Waals surface area contributed by atoms with Gasteiger partial charge in [-0.1, -0.05) is 27.7 Å².